The van der Waals surface area contributed by atoms with E-state index in [2.05, 4.69) is 5.32 Å². The van der Waals surface area contributed by atoms with Gasteiger partial charge < -0.3 is 21.9 Å². The molecule has 2 amide bonds. The Labute approximate surface area is 98.5 Å². The maximum absolute atomic E-state index is 11.8. The molecule has 7 nitrogen and oxygen atoms in total. The summed E-state index contributed by atoms with van der Waals surface area (Å²) >= 11 is 0. The van der Waals surface area contributed by atoms with Crippen LogP contribution in [0.15, 0.2) is 0 Å². The minimum absolute atomic E-state index is 0.433. The number of rotatable bonds is 5. The lowest BCUT2D eigenvalue weighted by Gasteiger charge is -2.24. The summed E-state index contributed by atoms with van der Waals surface area (Å²) in [5, 5.41) is 11.1. The molecule has 1 aliphatic rings. The van der Waals surface area contributed by atoms with Crippen molar-refractivity contribution in [3.05, 3.63) is 0 Å². The average Bonchev–Trinajstić information content (AvgIpc) is 2.64. The van der Waals surface area contributed by atoms with Gasteiger partial charge >= 0.3 is 5.97 Å². The van der Waals surface area contributed by atoms with Crippen LogP contribution in [-0.4, -0.2) is 34.5 Å². The molecule has 1 rings (SSSR count). The molecule has 0 heterocycles. The van der Waals surface area contributed by atoms with E-state index in [9.17, 15) is 14.4 Å². The van der Waals surface area contributed by atoms with Crippen molar-refractivity contribution in [2.24, 2.45) is 11.5 Å². The Hall–Kier alpha value is -1.63. The Morgan fingerprint density at radius 3 is 2.24 bits per heavy atom. The van der Waals surface area contributed by atoms with Gasteiger partial charge in [-0.3, -0.25) is 9.59 Å². The van der Waals surface area contributed by atoms with Gasteiger partial charge in [-0.1, -0.05) is 12.8 Å². The maximum Gasteiger partial charge on any atom is 0.326 e. The highest BCUT2D eigenvalue weighted by molar-refractivity contribution is 5.92. The van der Waals surface area contributed by atoms with E-state index in [0.29, 0.717) is 12.8 Å². The molecule has 0 saturated heterocycles. The van der Waals surface area contributed by atoms with E-state index in [1.54, 1.807) is 0 Å². The summed E-state index contributed by atoms with van der Waals surface area (Å²) in [7, 11) is 0. The van der Waals surface area contributed by atoms with Gasteiger partial charge in [0, 0.05) is 0 Å². The van der Waals surface area contributed by atoms with Crippen LogP contribution in [0.1, 0.15) is 32.1 Å². The molecule has 17 heavy (non-hydrogen) atoms. The number of carbonyl (C=O) groups is 3. The van der Waals surface area contributed by atoms with E-state index >= 15 is 0 Å². The van der Waals surface area contributed by atoms with Crippen molar-refractivity contribution in [3.63, 3.8) is 0 Å². The van der Waals surface area contributed by atoms with Crippen molar-refractivity contribution < 1.29 is 19.5 Å². The van der Waals surface area contributed by atoms with Gasteiger partial charge in [-0.15, -0.1) is 0 Å². The SMILES string of the molecule is NC(=O)C[C@@H](NC(=O)C1(N)CCCC1)C(=O)O. The third kappa shape index (κ3) is 3.42. The minimum atomic E-state index is -1.30. The Balaban J connectivity index is 2.63. The van der Waals surface area contributed by atoms with E-state index in [1.165, 1.54) is 0 Å². The zero-order valence-corrected chi connectivity index (χ0v) is 9.44. The summed E-state index contributed by atoms with van der Waals surface area (Å²) in [6, 6.07) is -1.30. The van der Waals surface area contributed by atoms with E-state index in [0.717, 1.165) is 12.8 Å². The Morgan fingerprint density at radius 2 is 1.82 bits per heavy atom. The largest absolute Gasteiger partial charge is 0.480 e. The molecule has 0 bridgehead atoms. The molecule has 1 atom stereocenters. The summed E-state index contributed by atoms with van der Waals surface area (Å²) in [5.74, 6) is -2.60. The van der Waals surface area contributed by atoms with Crippen molar-refractivity contribution in [3.8, 4) is 0 Å². The molecule has 96 valence electrons. The first kappa shape index (κ1) is 13.4. The Bertz CT molecular complexity index is 336. The summed E-state index contributed by atoms with van der Waals surface area (Å²) in [6.07, 6.45) is 2.32. The van der Waals surface area contributed by atoms with Crippen molar-refractivity contribution in [2.75, 3.05) is 0 Å². The van der Waals surface area contributed by atoms with E-state index < -0.39 is 35.8 Å². The Morgan fingerprint density at radius 1 is 1.29 bits per heavy atom. The molecule has 0 spiro atoms. The third-order valence-corrected chi connectivity index (χ3v) is 2.96. The van der Waals surface area contributed by atoms with Crippen LogP contribution in [0.5, 0.6) is 0 Å². The molecular formula is C10H17N3O4. The van der Waals surface area contributed by atoms with Crippen molar-refractivity contribution >= 4 is 17.8 Å². The molecule has 0 aromatic heterocycles. The first-order chi connectivity index (χ1) is 7.85. The topological polar surface area (TPSA) is 136 Å². The lowest BCUT2D eigenvalue weighted by molar-refractivity contribution is -0.144. The van der Waals surface area contributed by atoms with Crippen LogP contribution in [0, 0.1) is 0 Å². The molecule has 1 aliphatic carbocycles. The standard InChI is InChI=1S/C10H17N3O4/c11-7(14)5-6(8(15)16)13-9(17)10(12)3-1-2-4-10/h6H,1-5,12H2,(H2,11,14)(H,13,17)(H,15,16)/t6-/m1/s1. The molecule has 0 unspecified atom stereocenters. The predicted molar refractivity (Wildman–Crippen MR) is 58.8 cm³/mol. The minimum Gasteiger partial charge on any atom is -0.480 e. The molecule has 7 heteroatoms. The molecule has 0 aromatic carbocycles. The number of carboxylic acid groups (broad SMARTS) is 1. The van der Waals surface area contributed by atoms with Gasteiger partial charge in [-0.25, -0.2) is 4.79 Å². The number of hydrogen-bond donors (Lipinski definition) is 4. The normalized spacial score (nSPS) is 19.6. The fourth-order valence-corrected chi connectivity index (χ4v) is 1.94. The van der Waals surface area contributed by atoms with Gasteiger partial charge in [0.05, 0.1) is 12.0 Å². The number of aliphatic carboxylic acids is 1. The van der Waals surface area contributed by atoms with Crippen LogP contribution in [-0.2, 0) is 14.4 Å². The summed E-state index contributed by atoms with van der Waals surface area (Å²) in [6.45, 7) is 0. The monoisotopic (exact) mass is 243 g/mol. The fourth-order valence-electron chi connectivity index (χ4n) is 1.94. The zero-order chi connectivity index (χ0) is 13.1. The summed E-state index contributed by atoms with van der Waals surface area (Å²) in [4.78, 5) is 33.3. The fraction of sp³-hybridized carbons (Fsp3) is 0.700. The number of primary amides is 1. The van der Waals surface area contributed by atoms with Crippen LogP contribution >= 0.6 is 0 Å². The molecule has 0 aliphatic heterocycles. The smallest absolute Gasteiger partial charge is 0.326 e. The van der Waals surface area contributed by atoms with Crippen LogP contribution < -0.4 is 16.8 Å². The maximum atomic E-state index is 11.8. The second-order valence-electron chi connectivity index (χ2n) is 4.40. The first-order valence-corrected chi connectivity index (χ1v) is 5.46. The van der Waals surface area contributed by atoms with Gasteiger partial charge in [0.2, 0.25) is 11.8 Å². The predicted octanol–water partition coefficient (Wildman–Crippen LogP) is -1.30. The second kappa shape index (κ2) is 5.13. The highest BCUT2D eigenvalue weighted by Gasteiger charge is 2.38. The van der Waals surface area contributed by atoms with E-state index in [-0.39, 0.29) is 0 Å². The van der Waals surface area contributed by atoms with E-state index in [1.807, 2.05) is 0 Å². The highest BCUT2D eigenvalue weighted by atomic mass is 16.4. The van der Waals surface area contributed by atoms with Crippen LogP contribution in [0.4, 0.5) is 0 Å². The summed E-state index contributed by atoms with van der Waals surface area (Å²) in [5.41, 5.74) is 9.76. The molecule has 0 aromatic rings. The molecule has 1 saturated carbocycles. The Kier molecular flexibility index (Phi) is 4.06. The number of carbonyl (C=O) groups excluding carboxylic acids is 2. The average molecular weight is 243 g/mol. The first-order valence-electron chi connectivity index (χ1n) is 5.46. The zero-order valence-electron chi connectivity index (χ0n) is 9.44. The van der Waals surface area contributed by atoms with Crippen molar-refractivity contribution in [1.82, 2.24) is 5.32 Å². The highest BCUT2D eigenvalue weighted by Crippen LogP contribution is 2.27. The molecule has 0 radical (unpaired) electrons. The summed E-state index contributed by atoms with van der Waals surface area (Å²) < 4.78 is 0. The van der Waals surface area contributed by atoms with Gasteiger partial charge in [0.15, 0.2) is 0 Å². The van der Waals surface area contributed by atoms with Gasteiger partial charge in [0.1, 0.15) is 6.04 Å². The quantitative estimate of drug-likeness (QED) is 0.476. The van der Waals surface area contributed by atoms with Crippen LogP contribution in [0.25, 0.3) is 0 Å². The molecule has 1 fully saturated rings. The van der Waals surface area contributed by atoms with Crippen molar-refractivity contribution in [1.29, 1.82) is 0 Å². The lowest BCUT2D eigenvalue weighted by Crippen LogP contribution is -2.56. The second-order valence-corrected chi connectivity index (χ2v) is 4.40. The third-order valence-electron chi connectivity index (χ3n) is 2.96. The van der Waals surface area contributed by atoms with Crippen LogP contribution in [0.3, 0.4) is 0 Å². The van der Waals surface area contributed by atoms with Gasteiger partial charge in [0.25, 0.3) is 0 Å². The number of carboxylic acids is 1. The van der Waals surface area contributed by atoms with Crippen molar-refractivity contribution in [2.45, 2.75) is 43.7 Å². The molecule has 6 N–H and O–H groups in total. The van der Waals surface area contributed by atoms with Gasteiger partial charge in [-0.2, -0.15) is 0 Å². The number of amides is 2. The number of hydrogen-bond acceptors (Lipinski definition) is 4. The lowest BCUT2D eigenvalue weighted by atomic mass is 9.97. The number of nitrogens with one attached hydrogen (secondary N) is 1. The van der Waals surface area contributed by atoms with Gasteiger partial charge in [-0.05, 0) is 12.8 Å². The number of nitrogens with two attached hydrogens (primary N) is 2. The molecular weight excluding hydrogens is 226 g/mol. The van der Waals surface area contributed by atoms with Crippen LogP contribution in [0.2, 0.25) is 0 Å². The van der Waals surface area contributed by atoms with E-state index in [4.69, 9.17) is 16.6 Å².